The largest absolute Gasteiger partial charge is 0.481 e. The van der Waals surface area contributed by atoms with Crippen LogP contribution in [0.25, 0.3) is 0 Å². The van der Waals surface area contributed by atoms with Gasteiger partial charge in [0.25, 0.3) is 0 Å². The predicted molar refractivity (Wildman–Crippen MR) is 38.5 cm³/mol. The number of carbonyl (C=O) groups is 2. The van der Waals surface area contributed by atoms with Crippen LogP contribution in [0.2, 0.25) is 0 Å². The molecule has 0 spiro atoms. The monoisotopic (exact) mass is 170 g/mol. The van der Waals surface area contributed by atoms with E-state index in [1.54, 1.807) is 0 Å². The Balaban J connectivity index is 2.07. The summed E-state index contributed by atoms with van der Waals surface area (Å²) < 4.78 is 0. The Morgan fingerprint density at radius 2 is 1.75 bits per heavy atom. The normalized spacial score (nSPS) is 43.7. The second kappa shape index (κ2) is 2.21. The Morgan fingerprint density at radius 1 is 1.08 bits per heavy atom. The molecule has 0 aromatic carbocycles. The lowest BCUT2D eigenvalue weighted by molar-refractivity contribution is -0.143. The van der Waals surface area contributed by atoms with Crippen LogP contribution in [0.1, 0.15) is 12.8 Å². The van der Waals surface area contributed by atoms with Gasteiger partial charge < -0.3 is 10.2 Å². The topological polar surface area (TPSA) is 74.6 Å². The van der Waals surface area contributed by atoms with Gasteiger partial charge >= 0.3 is 11.9 Å². The molecule has 66 valence electrons. The first-order valence-electron chi connectivity index (χ1n) is 4.08. The molecule has 2 aliphatic carbocycles. The van der Waals surface area contributed by atoms with Gasteiger partial charge in [-0.25, -0.2) is 0 Å². The summed E-state index contributed by atoms with van der Waals surface area (Å²) in [5, 5.41) is 17.4. The average molecular weight is 170 g/mol. The van der Waals surface area contributed by atoms with Gasteiger partial charge in [-0.1, -0.05) is 0 Å². The van der Waals surface area contributed by atoms with Crippen molar-refractivity contribution >= 4 is 11.9 Å². The first kappa shape index (κ1) is 7.58. The van der Waals surface area contributed by atoms with Crippen molar-refractivity contribution in [1.82, 2.24) is 0 Å². The molecule has 2 rings (SSSR count). The molecule has 0 heterocycles. The van der Waals surface area contributed by atoms with Gasteiger partial charge in [-0.15, -0.1) is 0 Å². The summed E-state index contributed by atoms with van der Waals surface area (Å²) in [5.74, 6) is -2.32. The summed E-state index contributed by atoms with van der Waals surface area (Å²) in [6, 6.07) is 0. The zero-order chi connectivity index (χ0) is 8.88. The Hall–Kier alpha value is -1.06. The Morgan fingerprint density at radius 3 is 2.17 bits per heavy atom. The van der Waals surface area contributed by atoms with E-state index in [0.717, 1.165) is 6.42 Å². The number of aliphatic carboxylic acids is 2. The van der Waals surface area contributed by atoms with E-state index in [4.69, 9.17) is 10.2 Å². The molecule has 0 saturated heterocycles. The minimum atomic E-state index is -0.828. The summed E-state index contributed by atoms with van der Waals surface area (Å²) in [6.45, 7) is 0. The Bertz CT molecular complexity index is 247. The van der Waals surface area contributed by atoms with Crippen LogP contribution >= 0.6 is 0 Å². The smallest absolute Gasteiger partial charge is 0.307 e. The highest BCUT2D eigenvalue weighted by Gasteiger charge is 2.63. The predicted octanol–water partition coefficient (Wildman–Crippen LogP) is 0.428. The van der Waals surface area contributed by atoms with Crippen LogP contribution in [0.5, 0.6) is 0 Å². The molecule has 2 aliphatic rings. The van der Waals surface area contributed by atoms with Gasteiger partial charge in [0.1, 0.15) is 0 Å². The van der Waals surface area contributed by atoms with Crippen molar-refractivity contribution in [3.63, 3.8) is 0 Å². The van der Waals surface area contributed by atoms with Crippen LogP contribution in [0.3, 0.4) is 0 Å². The number of carboxylic acid groups (broad SMARTS) is 2. The number of carboxylic acids is 2. The van der Waals surface area contributed by atoms with Crippen molar-refractivity contribution in [1.29, 1.82) is 0 Å². The molecule has 0 aliphatic heterocycles. The van der Waals surface area contributed by atoms with Crippen LogP contribution in [-0.4, -0.2) is 22.2 Å². The fourth-order valence-corrected chi connectivity index (χ4v) is 2.52. The quantitative estimate of drug-likeness (QED) is 0.630. The average Bonchev–Trinajstić information content (AvgIpc) is 2.52. The zero-order valence-corrected chi connectivity index (χ0v) is 6.43. The standard InChI is InChI=1S/C8H10O4/c9-7(10)4-2-1-3-5(4)6(3)8(11)12/h3-6H,1-2H2,(H,9,10)(H,11,12). The van der Waals surface area contributed by atoms with Gasteiger partial charge in [-0.2, -0.15) is 0 Å². The Labute approximate surface area is 69.2 Å². The van der Waals surface area contributed by atoms with Crippen molar-refractivity contribution in [3.8, 4) is 0 Å². The summed E-state index contributed by atoms with van der Waals surface area (Å²) >= 11 is 0. The van der Waals surface area contributed by atoms with Gasteiger partial charge in [0, 0.05) is 0 Å². The van der Waals surface area contributed by atoms with Gasteiger partial charge in [0.2, 0.25) is 0 Å². The van der Waals surface area contributed by atoms with E-state index in [1.165, 1.54) is 0 Å². The molecule has 0 amide bonds. The minimum Gasteiger partial charge on any atom is -0.481 e. The molecule has 2 saturated carbocycles. The molecule has 4 heteroatoms. The van der Waals surface area contributed by atoms with Gasteiger partial charge in [0.15, 0.2) is 0 Å². The molecule has 2 N–H and O–H groups in total. The van der Waals surface area contributed by atoms with Crippen molar-refractivity contribution in [3.05, 3.63) is 0 Å². The first-order chi connectivity index (χ1) is 5.63. The maximum absolute atomic E-state index is 10.6. The van der Waals surface area contributed by atoms with Crippen molar-refractivity contribution in [2.24, 2.45) is 23.7 Å². The summed E-state index contributed by atoms with van der Waals surface area (Å²) in [6.07, 6.45) is 1.44. The van der Waals surface area contributed by atoms with Crippen LogP contribution in [0.15, 0.2) is 0 Å². The molecule has 0 aromatic heterocycles. The second-order valence-electron chi connectivity index (χ2n) is 3.63. The van der Waals surface area contributed by atoms with Gasteiger partial charge in [-0.05, 0) is 24.7 Å². The number of hydrogen-bond donors (Lipinski definition) is 2. The molecule has 4 nitrogen and oxygen atoms in total. The maximum atomic E-state index is 10.6. The number of hydrogen-bond acceptors (Lipinski definition) is 2. The maximum Gasteiger partial charge on any atom is 0.307 e. The van der Waals surface area contributed by atoms with Crippen LogP contribution < -0.4 is 0 Å². The summed E-state index contributed by atoms with van der Waals surface area (Å²) in [5.41, 5.74) is 0. The summed E-state index contributed by atoms with van der Waals surface area (Å²) in [7, 11) is 0. The van der Waals surface area contributed by atoms with E-state index < -0.39 is 17.9 Å². The van der Waals surface area contributed by atoms with Crippen molar-refractivity contribution in [2.45, 2.75) is 12.8 Å². The third-order valence-electron chi connectivity index (χ3n) is 3.11. The molecule has 4 atom stereocenters. The fourth-order valence-electron chi connectivity index (χ4n) is 2.52. The van der Waals surface area contributed by atoms with E-state index in [1.807, 2.05) is 0 Å². The molecule has 0 radical (unpaired) electrons. The van der Waals surface area contributed by atoms with E-state index in [-0.39, 0.29) is 17.8 Å². The zero-order valence-electron chi connectivity index (χ0n) is 6.43. The van der Waals surface area contributed by atoms with Crippen LogP contribution in [0, 0.1) is 23.7 Å². The lowest BCUT2D eigenvalue weighted by atomic mass is 10.0. The molecule has 0 aromatic rings. The number of rotatable bonds is 2. The number of fused-ring (bicyclic) bond motifs is 1. The molecule has 4 unspecified atom stereocenters. The van der Waals surface area contributed by atoms with Crippen molar-refractivity contribution in [2.75, 3.05) is 0 Å². The van der Waals surface area contributed by atoms with Gasteiger partial charge in [0.05, 0.1) is 11.8 Å². The molecular formula is C8H10O4. The van der Waals surface area contributed by atoms with E-state index >= 15 is 0 Å². The van der Waals surface area contributed by atoms with Crippen LogP contribution in [-0.2, 0) is 9.59 Å². The second-order valence-corrected chi connectivity index (χ2v) is 3.63. The third-order valence-corrected chi connectivity index (χ3v) is 3.11. The Kier molecular flexibility index (Phi) is 1.40. The van der Waals surface area contributed by atoms with Crippen molar-refractivity contribution < 1.29 is 19.8 Å². The fraction of sp³-hybridized carbons (Fsp3) is 0.750. The van der Waals surface area contributed by atoms with Crippen LogP contribution in [0.4, 0.5) is 0 Å². The van der Waals surface area contributed by atoms with Gasteiger partial charge in [-0.3, -0.25) is 9.59 Å². The highest BCUT2D eigenvalue weighted by molar-refractivity contribution is 5.79. The third kappa shape index (κ3) is 0.838. The van der Waals surface area contributed by atoms with E-state index in [2.05, 4.69) is 0 Å². The molecule has 0 bridgehead atoms. The molecular weight excluding hydrogens is 160 g/mol. The van der Waals surface area contributed by atoms with E-state index in [9.17, 15) is 9.59 Å². The first-order valence-corrected chi connectivity index (χ1v) is 4.08. The molecule has 2 fully saturated rings. The highest BCUT2D eigenvalue weighted by atomic mass is 16.4. The van der Waals surface area contributed by atoms with E-state index in [0.29, 0.717) is 6.42 Å². The highest BCUT2D eigenvalue weighted by Crippen LogP contribution is 2.60. The minimum absolute atomic E-state index is 0.0694. The molecule has 12 heavy (non-hydrogen) atoms. The SMILES string of the molecule is O=C(O)C1CCC2C(C(=O)O)C12. The lowest BCUT2D eigenvalue weighted by Crippen LogP contribution is -2.17. The summed E-state index contributed by atoms with van der Waals surface area (Å²) in [4.78, 5) is 21.2. The lowest BCUT2D eigenvalue weighted by Gasteiger charge is -2.05.